The Morgan fingerprint density at radius 3 is 2.22 bits per heavy atom. The monoisotopic (exact) mass is 238 g/mol. The van der Waals surface area contributed by atoms with E-state index in [1.54, 1.807) is 0 Å². The molecule has 18 heavy (non-hydrogen) atoms. The Morgan fingerprint density at radius 2 is 1.67 bits per heavy atom. The summed E-state index contributed by atoms with van der Waals surface area (Å²) < 4.78 is 0. The second-order valence-electron chi connectivity index (χ2n) is 4.97. The first-order chi connectivity index (χ1) is 8.72. The Hall–Kier alpha value is -1.96. The molecular weight excluding hydrogens is 220 g/mol. The smallest absolute Gasteiger partial charge is 0.124 e. The fourth-order valence-electron chi connectivity index (χ4n) is 2.58. The van der Waals surface area contributed by atoms with Gasteiger partial charge in [0.15, 0.2) is 0 Å². The van der Waals surface area contributed by atoms with Crippen LogP contribution in [0.3, 0.4) is 0 Å². The van der Waals surface area contributed by atoms with E-state index < -0.39 is 0 Å². The average molecular weight is 238 g/mol. The van der Waals surface area contributed by atoms with Crippen molar-refractivity contribution in [3.8, 4) is 0 Å². The zero-order valence-electron chi connectivity index (χ0n) is 10.8. The molecule has 2 aromatic carbocycles. The summed E-state index contributed by atoms with van der Waals surface area (Å²) in [6, 6.07) is 12.8. The summed E-state index contributed by atoms with van der Waals surface area (Å²) in [7, 11) is 0. The van der Waals surface area contributed by atoms with E-state index in [1.165, 1.54) is 22.1 Å². The highest BCUT2D eigenvalue weighted by atomic mass is 15.2. The number of benzene rings is 2. The Morgan fingerprint density at radius 1 is 1.06 bits per heavy atom. The van der Waals surface area contributed by atoms with Crippen LogP contribution in [0.15, 0.2) is 48.6 Å². The third-order valence-corrected chi connectivity index (χ3v) is 3.38. The van der Waals surface area contributed by atoms with Crippen molar-refractivity contribution in [1.82, 2.24) is 0 Å². The SMILES string of the molecule is CC/C=C/C1(C)Nc2cccc3cccc(c23)N1. The molecule has 0 radical (unpaired) electrons. The molecule has 0 saturated carbocycles. The van der Waals surface area contributed by atoms with Crippen molar-refractivity contribution >= 4 is 22.1 Å². The highest BCUT2D eigenvalue weighted by Gasteiger charge is 2.26. The first-order valence-corrected chi connectivity index (χ1v) is 6.48. The van der Waals surface area contributed by atoms with Crippen molar-refractivity contribution in [2.45, 2.75) is 25.9 Å². The predicted octanol–water partition coefficient (Wildman–Crippen LogP) is 4.36. The van der Waals surface area contributed by atoms with Crippen LogP contribution < -0.4 is 10.6 Å². The van der Waals surface area contributed by atoms with Gasteiger partial charge < -0.3 is 10.6 Å². The van der Waals surface area contributed by atoms with Crippen LogP contribution in [-0.2, 0) is 0 Å². The van der Waals surface area contributed by atoms with Gasteiger partial charge in [0.25, 0.3) is 0 Å². The molecule has 0 fully saturated rings. The summed E-state index contributed by atoms with van der Waals surface area (Å²) in [6.45, 7) is 4.31. The van der Waals surface area contributed by atoms with Gasteiger partial charge in [0, 0.05) is 16.8 Å². The maximum Gasteiger partial charge on any atom is 0.124 e. The lowest BCUT2D eigenvalue weighted by Gasteiger charge is -2.36. The van der Waals surface area contributed by atoms with Crippen LogP contribution in [0.25, 0.3) is 10.8 Å². The molecule has 0 unspecified atom stereocenters. The van der Waals surface area contributed by atoms with Gasteiger partial charge in [-0.2, -0.15) is 0 Å². The summed E-state index contributed by atoms with van der Waals surface area (Å²) in [4.78, 5) is 0. The molecule has 2 heteroatoms. The van der Waals surface area contributed by atoms with Gasteiger partial charge in [0.1, 0.15) is 5.66 Å². The van der Waals surface area contributed by atoms with Gasteiger partial charge in [0.05, 0.1) is 0 Å². The topological polar surface area (TPSA) is 24.1 Å². The summed E-state index contributed by atoms with van der Waals surface area (Å²) in [5, 5.41) is 9.70. The number of allylic oxidation sites excluding steroid dienone is 1. The molecule has 2 aromatic rings. The van der Waals surface area contributed by atoms with Crippen molar-refractivity contribution in [2.24, 2.45) is 0 Å². The zero-order valence-corrected chi connectivity index (χ0v) is 10.8. The maximum absolute atomic E-state index is 3.57. The van der Waals surface area contributed by atoms with Crippen molar-refractivity contribution in [3.63, 3.8) is 0 Å². The number of rotatable bonds is 2. The van der Waals surface area contributed by atoms with Crippen molar-refractivity contribution in [2.75, 3.05) is 10.6 Å². The molecule has 1 aliphatic heterocycles. The zero-order chi connectivity index (χ0) is 12.6. The normalized spacial score (nSPS) is 16.6. The Labute approximate surface area is 108 Å². The molecule has 0 bridgehead atoms. The first-order valence-electron chi connectivity index (χ1n) is 6.48. The lowest BCUT2D eigenvalue weighted by Crippen LogP contribution is -2.43. The number of anilines is 2. The third kappa shape index (κ3) is 1.74. The van der Waals surface area contributed by atoms with E-state index in [2.05, 4.69) is 73.0 Å². The summed E-state index contributed by atoms with van der Waals surface area (Å²) in [5.74, 6) is 0. The first kappa shape index (κ1) is 11.1. The minimum atomic E-state index is -0.210. The number of hydrogen-bond donors (Lipinski definition) is 2. The molecule has 0 atom stereocenters. The minimum absolute atomic E-state index is 0.210. The fourth-order valence-corrected chi connectivity index (χ4v) is 2.58. The molecule has 0 spiro atoms. The largest absolute Gasteiger partial charge is 0.359 e. The third-order valence-electron chi connectivity index (χ3n) is 3.38. The van der Waals surface area contributed by atoms with Crippen LogP contribution in [0.4, 0.5) is 11.4 Å². The van der Waals surface area contributed by atoms with E-state index in [0.717, 1.165) is 6.42 Å². The van der Waals surface area contributed by atoms with Crippen LogP contribution in [0, 0.1) is 0 Å². The highest BCUT2D eigenvalue weighted by molar-refractivity contribution is 6.05. The highest BCUT2D eigenvalue weighted by Crippen LogP contribution is 2.37. The Kier molecular flexibility index (Phi) is 2.51. The van der Waals surface area contributed by atoms with E-state index in [-0.39, 0.29) is 5.66 Å². The molecular formula is C16H18N2. The van der Waals surface area contributed by atoms with Crippen LogP contribution in [-0.4, -0.2) is 5.66 Å². The van der Waals surface area contributed by atoms with E-state index in [1.807, 2.05) is 0 Å². The molecule has 0 aromatic heterocycles. The standard InChI is InChI=1S/C16H18N2/c1-3-4-11-16(2)17-13-9-5-7-12-8-6-10-14(18-16)15(12)13/h4-11,17-18H,3H2,1-2H3/b11-4+. The van der Waals surface area contributed by atoms with E-state index in [4.69, 9.17) is 0 Å². The van der Waals surface area contributed by atoms with Gasteiger partial charge in [-0.05, 0) is 36.9 Å². The second kappa shape index (κ2) is 4.05. The number of hydrogen-bond acceptors (Lipinski definition) is 2. The predicted molar refractivity (Wildman–Crippen MR) is 79.0 cm³/mol. The summed E-state index contributed by atoms with van der Waals surface area (Å²) in [5.41, 5.74) is 2.19. The fraction of sp³-hybridized carbons (Fsp3) is 0.250. The lowest BCUT2D eigenvalue weighted by molar-refractivity contribution is 0.724. The van der Waals surface area contributed by atoms with Crippen LogP contribution in [0.5, 0.6) is 0 Å². The van der Waals surface area contributed by atoms with Crippen LogP contribution in [0.1, 0.15) is 20.3 Å². The Balaban J connectivity index is 2.13. The Bertz CT molecular complexity index is 573. The van der Waals surface area contributed by atoms with Gasteiger partial charge >= 0.3 is 0 Å². The lowest BCUT2D eigenvalue weighted by atomic mass is 10.00. The van der Waals surface area contributed by atoms with E-state index >= 15 is 0 Å². The van der Waals surface area contributed by atoms with Crippen LogP contribution in [0.2, 0.25) is 0 Å². The van der Waals surface area contributed by atoms with E-state index in [0.29, 0.717) is 0 Å². The van der Waals surface area contributed by atoms with E-state index in [9.17, 15) is 0 Å². The molecule has 2 nitrogen and oxygen atoms in total. The average Bonchev–Trinajstić information content (AvgIpc) is 2.37. The van der Waals surface area contributed by atoms with Gasteiger partial charge in [-0.1, -0.05) is 37.3 Å². The molecule has 0 amide bonds. The molecule has 1 heterocycles. The quantitative estimate of drug-likeness (QED) is 0.760. The summed E-state index contributed by atoms with van der Waals surface area (Å²) >= 11 is 0. The van der Waals surface area contributed by atoms with Gasteiger partial charge in [0.2, 0.25) is 0 Å². The van der Waals surface area contributed by atoms with Crippen molar-refractivity contribution in [3.05, 3.63) is 48.6 Å². The van der Waals surface area contributed by atoms with Crippen molar-refractivity contribution < 1.29 is 0 Å². The molecule has 0 aliphatic carbocycles. The summed E-state index contributed by atoms with van der Waals surface area (Å²) in [6.07, 6.45) is 5.43. The second-order valence-corrected chi connectivity index (χ2v) is 4.97. The van der Waals surface area contributed by atoms with Crippen molar-refractivity contribution in [1.29, 1.82) is 0 Å². The molecule has 1 aliphatic rings. The van der Waals surface area contributed by atoms with Crippen LogP contribution >= 0.6 is 0 Å². The molecule has 92 valence electrons. The minimum Gasteiger partial charge on any atom is -0.359 e. The van der Waals surface area contributed by atoms with Gasteiger partial charge in [-0.25, -0.2) is 0 Å². The van der Waals surface area contributed by atoms with Gasteiger partial charge in [-0.15, -0.1) is 0 Å². The number of nitrogens with one attached hydrogen (secondary N) is 2. The maximum atomic E-state index is 3.57. The van der Waals surface area contributed by atoms with Gasteiger partial charge in [-0.3, -0.25) is 0 Å². The molecule has 3 rings (SSSR count). The molecule has 0 saturated heterocycles. The molecule has 2 N–H and O–H groups in total.